The maximum absolute atomic E-state index is 11.0. The highest BCUT2D eigenvalue weighted by molar-refractivity contribution is 5.73. The van der Waals surface area contributed by atoms with E-state index in [-0.39, 0.29) is 11.4 Å². The van der Waals surface area contributed by atoms with E-state index < -0.39 is 0 Å². The Hall–Kier alpha value is -0.570. The van der Waals surface area contributed by atoms with Gasteiger partial charge in [-0.15, -0.1) is 0 Å². The largest absolute Gasteiger partial charge is 0.385 e. The van der Waals surface area contributed by atoms with Crippen LogP contribution in [-0.2, 0) is 9.53 Å². The van der Waals surface area contributed by atoms with E-state index in [1.54, 1.807) is 14.0 Å². The average Bonchev–Trinajstić information content (AvgIpc) is 1.99. The summed E-state index contributed by atoms with van der Waals surface area (Å²) in [4.78, 5) is 11.0. The van der Waals surface area contributed by atoms with Gasteiger partial charge in [0.1, 0.15) is 0 Å². The van der Waals surface area contributed by atoms with E-state index in [0.29, 0.717) is 12.5 Å². The molecular formula is C10H21NO2. The van der Waals surface area contributed by atoms with Gasteiger partial charge < -0.3 is 10.1 Å². The standard InChI is InChI=1S/C10H21NO2/c1-8(2)10(4,6-7-13-5)11-9(3)12/h8H,6-7H2,1-5H3,(H,11,12)/t10-/m1/s1. The Labute approximate surface area is 80.8 Å². The van der Waals surface area contributed by atoms with Crippen LogP contribution in [0.2, 0.25) is 0 Å². The highest BCUT2D eigenvalue weighted by Crippen LogP contribution is 2.20. The summed E-state index contributed by atoms with van der Waals surface area (Å²) < 4.78 is 5.02. The lowest BCUT2D eigenvalue weighted by Crippen LogP contribution is -2.49. The maximum atomic E-state index is 11.0. The summed E-state index contributed by atoms with van der Waals surface area (Å²) >= 11 is 0. The van der Waals surface area contributed by atoms with Gasteiger partial charge in [-0.05, 0) is 19.3 Å². The first-order chi connectivity index (χ1) is 5.92. The summed E-state index contributed by atoms with van der Waals surface area (Å²) in [5, 5.41) is 2.97. The molecule has 13 heavy (non-hydrogen) atoms. The summed E-state index contributed by atoms with van der Waals surface area (Å²) in [6.45, 7) is 8.48. The molecule has 0 heterocycles. The molecule has 0 aliphatic carbocycles. The molecule has 0 aromatic heterocycles. The lowest BCUT2D eigenvalue weighted by molar-refractivity contribution is -0.121. The van der Waals surface area contributed by atoms with Crippen LogP contribution in [0.4, 0.5) is 0 Å². The normalized spacial score (nSPS) is 15.5. The molecule has 78 valence electrons. The fraction of sp³-hybridized carbons (Fsp3) is 0.900. The predicted octanol–water partition coefficient (Wildman–Crippen LogP) is 1.57. The second kappa shape index (κ2) is 5.22. The molecular weight excluding hydrogens is 166 g/mol. The van der Waals surface area contributed by atoms with Crippen molar-refractivity contribution in [3.05, 3.63) is 0 Å². The number of hydrogen-bond donors (Lipinski definition) is 1. The molecule has 0 aliphatic heterocycles. The SMILES string of the molecule is COCC[C@@](C)(NC(C)=O)C(C)C. The van der Waals surface area contributed by atoms with E-state index in [0.717, 1.165) is 6.42 Å². The molecule has 0 aliphatic rings. The molecule has 1 N–H and O–H groups in total. The minimum atomic E-state index is -0.151. The molecule has 0 saturated heterocycles. The quantitative estimate of drug-likeness (QED) is 0.709. The van der Waals surface area contributed by atoms with E-state index in [1.807, 2.05) is 0 Å². The Morgan fingerprint density at radius 1 is 1.54 bits per heavy atom. The van der Waals surface area contributed by atoms with Gasteiger partial charge in [0.15, 0.2) is 0 Å². The fourth-order valence-corrected chi connectivity index (χ4v) is 1.21. The monoisotopic (exact) mass is 187 g/mol. The van der Waals surface area contributed by atoms with Crippen LogP contribution in [-0.4, -0.2) is 25.2 Å². The molecule has 0 spiro atoms. The van der Waals surface area contributed by atoms with Crippen LogP contribution in [0, 0.1) is 5.92 Å². The van der Waals surface area contributed by atoms with Crippen molar-refractivity contribution < 1.29 is 9.53 Å². The van der Waals surface area contributed by atoms with Gasteiger partial charge in [0.2, 0.25) is 5.91 Å². The van der Waals surface area contributed by atoms with Crippen molar-refractivity contribution in [3.63, 3.8) is 0 Å². The second-order valence-electron chi connectivity index (χ2n) is 4.00. The first kappa shape index (κ1) is 12.4. The Morgan fingerprint density at radius 3 is 2.38 bits per heavy atom. The van der Waals surface area contributed by atoms with Crippen molar-refractivity contribution in [1.29, 1.82) is 0 Å². The smallest absolute Gasteiger partial charge is 0.217 e. The third-order valence-electron chi connectivity index (χ3n) is 2.56. The van der Waals surface area contributed by atoms with Crippen molar-refractivity contribution >= 4 is 5.91 Å². The van der Waals surface area contributed by atoms with Crippen LogP contribution in [0.15, 0.2) is 0 Å². The molecule has 0 saturated carbocycles. The summed E-state index contributed by atoms with van der Waals surface area (Å²) in [6.07, 6.45) is 0.848. The number of carbonyl (C=O) groups is 1. The van der Waals surface area contributed by atoms with Crippen LogP contribution in [0.1, 0.15) is 34.1 Å². The van der Waals surface area contributed by atoms with Gasteiger partial charge in [-0.25, -0.2) is 0 Å². The number of hydrogen-bond acceptors (Lipinski definition) is 2. The van der Waals surface area contributed by atoms with Crippen molar-refractivity contribution in [3.8, 4) is 0 Å². The van der Waals surface area contributed by atoms with Gasteiger partial charge in [-0.1, -0.05) is 13.8 Å². The maximum Gasteiger partial charge on any atom is 0.217 e. The third kappa shape index (κ3) is 4.27. The molecule has 0 aromatic carbocycles. The van der Waals surface area contributed by atoms with E-state index in [1.165, 1.54) is 0 Å². The van der Waals surface area contributed by atoms with Gasteiger partial charge in [0.25, 0.3) is 0 Å². The van der Waals surface area contributed by atoms with E-state index in [4.69, 9.17) is 4.74 Å². The van der Waals surface area contributed by atoms with Crippen molar-refractivity contribution in [2.24, 2.45) is 5.92 Å². The molecule has 1 atom stereocenters. The van der Waals surface area contributed by atoms with Crippen LogP contribution < -0.4 is 5.32 Å². The average molecular weight is 187 g/mol. The lowest BCUT2D eigenvalue weighted by atomic mass is 9.85. The highest BCUT2D eigenvalue weighted by Gasteiger charge is 2.28. The molecule has 0 bridgehead atoms. The molecule has 3 nitrogen and oxygen atoms in total. The number of carbonyl (C=O) groups excluding carboxylic acids is 1. The fourth-order valence-electron chi connectivity index (χ4n) is 1.21. The van der Waals surface area contributed by atoms with Crippen molar-refractivity contribution in [2.45, 2.75) is 39.7 Å². The lowest BCUT2D eigenvalue weighted by Gasteiger charge is -2.34. The molecule has 0 unspecified atom stereocenters. The minimum Gasteiger partial charge on any atom is -0.385 e. The summed E-state index contributed by atoms with van der Waals surface area (Å²) in [6, 6.07) is 0. The van der Waals surface area contributed by atoms with Gasteiger partial charge in [0.05, 0.1) is 0 Å². The Bertz CT molecular complexity index is 168. The molecule has 3 heteroatoms. The zero-order chi connectivity index (χ0) is 10.5. The van der Waals surface area contributed by atoms with E-state index in [9.17, 15) is 4.79 Å². The molecule has 1 amide bonds. The van der Waals surface area contributed by atoms with Crippen molar-refractivity contribution in [1.82, 2.24) is 5.32 Å². The second-order valence-corrected chi connectivity index (χ2v) is 4.00. The number of ether oxygens (including phenoxy) is 1. The molecule has 0 aromatic rings. The van der Waals surface area contributed by atoms with Crippen LogP contribution >= 0.6 is 0 Å². The Kier molecular flexibility index (Phi) is 4.99. The van der Waals surface area contributed by atoms with Crippen LogP contribution in [0.5, 0.6) is 0 Å². The highest BCUT2D eigenvalue weighted by atomic mass is 16.5. The zero-order valence-electron chi connectivity index (χ0n) is 9.31. The van der Waals surface area contributed by atoms with E-state index in [2.05, 4.69) is 26.1 Å². The van der Waals surface area contributed by atoms with Gasteiger partial charge in [-0.3, -0.25) is 4.79 Å². The Morgan fingerprint density at radius 2 is 2.08 bits per heavy atom. The number of amides is 1. The zero-order valence-corrected chi connectivity index (χ0v) is 9.31. The number of methoxy groups -OCH3 is 1. The molecule has 0 rings (SSSR count). The van der Waals surface area contributed by atoms with Crippen LogP contribution in [0.25, 0.3) is 0 Å². The third-order valence-corrected chi connectivity index (χ3v) is 2.56. The van der Waals surface area contributed by atoms with Gasteiger partial charge in [0, 0.05) is 26.2 Å². The summed E-state index contributed by atoms with van der Waals surface area (Å²) in [7, 11) is 1.68. The minimum absolute atomic E-state index is 0.0207. The first-order valence-corrected chi connectivity index (χ1v) is 4.70. The molecule has 0 fully saturated rings. The van der Waals surface area contributed by atoms with Gasteiger partial charge >= 0.3 is 0 Å². The summed E-state index contributed by atoms with van der Waals surface area (Å²) in [5.74, 6) is 0.429. The van der Waals surface area contributed by atoms with Crippen LogP contribution in [0.3, 0.4) is 0 Å². The summed E-state index contributed by atoms with van der Waals surface area (Å²) in [5.41, 5.74) is -0.151. The Balaban J connectivity index is 4.24. The van der Waals surface area contributed by atoms with E-state index >= 15 is 0 Å². The number of nitrogens with one attached hydrogen (secondary N) is 1. The van der Waals surface area contributed by atoms with Gasteiger partial charge in [-0.2, -0.15) is 0 Å². The first-order valence-electron chi connectivity index (χ1n) is 4.70. The number of rotatable bonds is 5. The topological polar surface area (TPSA) is 38.3 Å². The van der Waals surface area contributed by atoms with Crippen molar-refractivity contribution in [2.75, 3.05) is 13.7 Å². The molecule has 0 radical (unpaired) electrons. The predicted molar refractivity (Wildman–Crippen MR) is 53.6 cm³/mol.